The minimum atomic E-state index is 0.417. The molecule has 0 saturated heterocycles. The number of nitrogens with one attached hydrogen (secondary N) is 1. The van der Waals surface area contributed by atoms with Gasteiger partial charge in [-0.1, -0.05) is 33.1 Å². The summed E-state index contributed by atoms with van der Waals surface area (Å²) in [6, 6.07) is 0. The van der Waals surface area contributed by atoms with Crippen LogP contribution in [0.2, 0.25) is 0 Å². The van der Waals surface area contributed by atoms with Gasteiger partial charge in [0.1, 0.15) is 5.82 Å². The molecule has 1 heterocycles. The lowest BCUT2D eigenvalue weighted by molar-refractivity contribution is 0.427. The second-order valence-electron chi connectivity index (χ2n) is 6.09. The van der Waals surface area contributed by atoms with E-state index in [2.05, 4.69) is 24.1 Å². The lowest BCUT2D eigenvalue weighted by Crippen LogP contribution is -2.14. The van der Waals surface area contributed by atoms with E-state index in [1.807, 2.05) is 6.20 Å². The van der Waals surface area contributed by atoms with E-state index in [9.17, 15) is 0 Å². The molecule has 2 rings (SSSR count). The first-order valence-electron chi connectivity index (χ1n) is 8.03. The third-order valence-corrected chi connectivity index (χ3v) is 4.05. The summed E-state index contributed by atoms with van der Waals surface area (Å²) in [5.41, 5.74) is 7.77. The molecule has 4 heteroatoms. The molecule has 0 bridgehead atoms. The van der Waals surface area contributed by atoms with Crippen LogP contribution in [0.4, 0.5) is 5.69 Å². The summed E-state index contributed by atoms with van der Waals surface area (Å²) < 4.78 is 0. The predicted octanol–water partition coefficient (Wildman–Crippen LogP) is 3.41. The maximum Gasteiger partial charge on any atom is 0.131 e. The Hall–Kier alpha value is -1.16. The molecule has 0 spiro atoms. The van der Waals surface area contributed by atoms with Gasteiger partial charge >= 0.3 is 0 Å². The fourth-order valence-electron chi connectivity index (χ4n) is 2.87. The monoisotopic (exact) mass is 276 g/mol. The lowest BCUT2D eigenvalue weighted by atomic mass is 9.88. The highest BCUT2D eigenvalue weighted by molar-refractivity contribution is 5.47. The van der Waals surface area contributed by atoms with Gasteiger partial charge < -0.3 is 11.1 Å². The summed E-state index contributed by atoms with van der Waals surface area (Å²) in [6.07, 6.45) is 9.45. The number of rotatable bonds is 6. The van der Waals surface area contributed by atoms with Crippen molar-refractivity contribution in [3.05, 3.63) is 17.7 Å². The van der Waals surface area contributed by atoms with Crippen molar-refractivity contribution in [1.29, 1.82) is 0 Å². The first-order chi connectivity index (χ1) is 9.72. The first-order valence-corrected chi connectivity index (χ1v) is 8.03. The van der Waals surface area contributed by atoms with Crippen LogP contribution in [0, 0.1) is 0 Å². The lowest BCUT2D eigenvalue weighted by Gasteiger charge is -2.22. The molecule has 0 atom stereocenters. The highest BCUT2D eigenvalue weighted by atomic mass is 15.0. The number of aromatic nitrogens is 2. The molecule has 4 nitrogen and oxygen atoms in total. The zero-order chi connectivity index (χ0) is 14.4. The van der Waals surface area contributed by atoms with E-state index in [-0.39, 0.29) is 0 Å². The van der Waals surface area contributed by atoms with Crippen molar-refractivity contribution in [2.24, 2.45) is 5.73 Å². The Kier molecular flexibility index (Phi) is 5.77. The fourth-order valence-corrected chi connectivity index (χ4v) is 2.87. The van der Waals surface area contributed by atoms with E-state index in [1.54, 1.807) is 0 Å². The SMILES string of the molecule is CC(C)c1nc(C2CCCCC2)ncc1NCCCN. The quantitative estimate of drug-likeness (QED) is 0.782. The molecule has 0 radical (unpaired) electrons. The van der Waals surface area contributed by atoms with Gasteiger partial charge in [0.15, 0.2) is 0 Å². The third-order valence-electron chi connectivity index (χ3n) is 4.05. The molecule has 1 saturated carbocycles. The Balaban J connectivity index is 2.13. The van der Waals surface area contributed by atoms with Crippen LogP contribution in [0.15, 0.2) is 6.20 Å². The van der Waals surface area contributed by atoms with E-state index in [0.717, 1.165) is 30.2 Å². The van der Waals surface area contributed by atoms with Crippen molar-refractivity contribution < 1.29 is 0 Å². The van der Waals surface area contributed by atoms with Crippen molar-refractivity contribution in [3.8, 4) is 0 Å². The summed E-state index contributed by atoms with van der Waals surface area (Å²) in [5, 5.41) is 3.42. The van der Waals surface area contributed by atoms with E-state index in [0.29, 0.717) is 18.4 Å². The number of nitrogens with two attached hydrogens (primary N) is 1. The Labute approximate surface area is 122 Å². The minimum absolute atomic E-state index is 0.417. The summed E-state index contributed by atoms with van der Waals surface area (Å²) in [6.45, 7) is 6.00. The molecule has 112 valence electrons. The number of hydrogen-bond donors (Lipinski definition) is 2. The van der Waals surface area contributed by atoms with Crippen LogP contribution < -0.4 is 11.1 Å². The van der Waals surface area contributed by atoms with Crippen LogP contribution >= 0.6 is 0 Å². The van der Waals surface area contributed by atoms with Gasteiger partial charge in [-0.15, -0.1) is 0 Å². The van der Waals surface area contributed by atoms with E-state index < -0.39 is 0 Å². The van der Waals surface area contributed by atoms with E-state index >= 15 is 0 Å². The standard InChI is InChI=1S/C16H28N4/c1-12(2)15-14(18-10-6-9-17)11-19-16(20-15)13-7-4-3-5-8-13/h11-13,18H,3-10,17H2,1-2H3. The second kappa shape index (κ2) is 7.58. The molecule has 0 unspecified atom stereocenters. The summed E-state index contributed by atoms with van der Waals surface area (Å²) >= 11 is 0. The number of anilines is 1. The Bertz CT molecular complexity index is 411. The summed E-state index contributed by atoms with van der Waals surface area (Å²) in [4.78, 5) is 9.49. The summed E-state index contributed by atoms with van der Waals surface area (Å²) in [7, 11) is 0. The second-order valence-corrected chi connectivity index (χ2v) is 6.09. The van der Waals surface area contributed by atoms with Crippen LogP contribution in [-0.4, -0.2) is 23.1 Å². The van der Waals surface area contributed by atoms with Gasteiger partial charge in [0.05, 0.1) is 17.6 Å². The van der Waals surface area contributed by atoms with Crippen LogP contribution in [0.5, 0.6) is 0 Å². The first kappa shape index (κ1) is 15.2. The normalized spacial score (nSPS) is 16.6. The predicted molar refractivity (Wildman–Crippen MR) is 84.1 cm³/mol. The molecule has 3 N–H and O–H groups in total. The maximum absolute atomic E-state index is 5.54. The average Bonchev–Trinajstić information content (AvgIpc) is 2.48. The Morgan fingerprint density at radius 3 is 2.70 bits per heavy atom. The van der Waals surface area contributed by atoms with E-state index in [4.69, 9.17) is 10.7 Å². The zero-order valence-electron chi connectivity index (χ0n) is 12.9. The van der Waals surface area contributed by atoms with Crippen molar-refractivity contribution >= 4 is 5.69 Å². The molecular weight excluding hydrogens is 248 g/mol. The van der Waals surface area contributed by atoms with Crippen molar-refractivity contribution in [2.45, 2.75) is 64.2 Å². The highest BCUT2D eigenvalue weighted by Gasteiger charge is 2.20. The van der Waals surface area contributed by atoms with Crippen LogP contribution in [0.25, 0.3) is 0 Å². The number of nitrogens with zero attached hydrogens (tertiary/aromatic N) is 2. The molecule has 0 amide bonds. The smallest absolute Gasteiger partial charge is 0.131 e. The largest absolute Gasteiger partial charge is 0.382 e. The molecule has 0 aromatic carbocycles. The van der Waals surface area contributed by atoms with Crippen LogP contribution in [0.3, 0.4) is 0 Å². The van der Waals surface area contributed by atoms with Gasteiger partial charge in [-0.05, 0) is 31.7 Å². The maximum atomic E-state index is 5.54. The van der Waals surface area contributed by atoms with Crippen molar-refractivity contribution in [3.63, 3.8) is 0 Å². The Morgan fingerprint density at radius 2 is 2.05 bits per heavy atom. The zero-order valence-corrected chi connectivity index (χ0v) is 12.9. The van der Waals surface area contributed by atoms with Crippen molar-refractivity contribution in [2.75, 3.05) is 18.4 Å². The van der Waals surface area contributed by atoms with Crippen LogP contribution in [0.1, 0.15) is 75.7 Å². The molecule has 1 aromatic heterocycles. The molecule has 1 aliphatic rings. The Morgan fingerprint density at radius 1 is 1.30 bits per heavy atom. The molecule has 1 aromatic rings. The molecule has 1 fully saturated rings. The topological polar surface area (TPSA) is 63.8 Å². The highest BCUT2D eigenvalue weighted by Crippen LogP contribution is 2.32. The molecule has 1 aliphatic carbocycles. The molecule has 20 heavy (non-hydrogen) atoms. The number of hydrogen-bond acceptors (Lipinski definition) is 4. The van der Waals surface area contributed by atoms with Crippen molar-refractivity contribution in [1.82, 2.24) is 9.97 Å². The van der Waals surface area contributed by atoms with E-state index in [1.165, 1.54) is 32.1 Å². The average molecular weight is 276 g/mol. The molecular formula is C16H28N4. The van der Waals surface area contributed by atoms with Gasteiger partial charge in [-0.3, -0.25) is 0 Å². The van der Waals surface area contributed by atoms with Gasteiger partial charge in [0, 0.05) is 12.5 Å². The van der Waals surface area contributed by atoms with Gasteiger partial charge in [-0.25, -0.2) is 9.97 Å². The third kappa shape index (κ3) is 3.92. The minimum Gasteiger partial charge on any atom is -0.382 e. The van der Waals surface area contributed by atoms with Gasteiger partial charge in [0.25, 0.3) is 0 Å². The fraction of sp³-hybridized carbons (Fsp3) is 0.750. The van der Waals surface area contributed by atoms with Crippen LogP contribution in [-0.2, 0) is 0 Å². The molecule has 0 aliphatic heterocycles. The van der Waals surface area contributed by atoms with Gasteiger partial charge in [-0.2, -0.15) is 0 Å². The summed E-state index contributed by atoms with van der Waals surface area (Å²) in [5.74, 6) is 2.04. The van der Waals surface area contributed by atoms with Gasteiger partial charge in [0.2, 0.25) is 0 Å².